The number of rotatable bonds is 4. The molecule has 20 heavy (non-hydrogen) atoms. The Hall–Kier alpha value is -1.56. The summed E-state index contributed by atoms with van der Waals surface area (Å²) in [6.45, 7) is 0. The minimum absolute atomic E-state index is 0.00388. The summed E-state index contributed by atoms with van der Waals surface area (Å²) in [6.07, 6.45) is 2.37. The van der Waals surface area contributed by atoms with Gasteiger partial charge in [-0.2, -0.15) is 8.42 Å². The van der Waals surface area contributed by atoms with Crippen molar-refractivity contribution < 1.29 is 12.7 Å². The Morgan fingerprint density at radius 3 is 2.15 bits per heavy atom. The SMILES string of the molecule is O=S(=O)(O/N=[C]/c1c(Cl)cccc1Cl)c1ccccc1. The smallest absolute Gasteiger partial charge is 0.264 e. The lowest BCUT2D eigenvalue weighted by molar-refractivity contribution is 0.341. The van der Waals surface area contributed by atoms with Crippen molar-refractivity contribution in [3.63, 3.8) is 0 Å². The average Bonchev–Trinajstić information content (AvgIpc) is 2.43. The van der Waals surface area contributed by atoms with Gasteiger partial charge in [-0.05, 0) is 24.3 Å². The first-order valence-electron chi connectivity index (χ1n) is 5.39. The van der Waals surface area contributed by atoms with Gasteiger partial charge in [-0.25, -0.2) is 0 Å². The van der Waals surface area contributed by atoms with Crippen LogP contribution in [-0.4, -0.2) is 14.6 Å². The van der Waals surface area contributed by atoms with Gasteiger partial charge in [-0.3, -0.25) is 4.28 Å². The molecule has 0 N–H and O–H groups in total. The lowest BCUT2D eigenvalue weighted by Crippen LogP contribution is -2.02. The Balaban J connectivity index is 2.19. The van der Waals surface area contributed by atoms with Crippen LogP contribution in [0.4, 0.5) is 0 Å². The number of halogens is 2. The van der Waals surface area contributed by atoms with Crippen LogP contribution in [0.15, 0.2) is 58.6 Å². The Bertz CT molecular complexity index is 710. The third-order valence-electron chi connectivity index (χ3n) is 2.29. The first kappa shape index (κ1) is 14.8. The van der Waals surface area contributed by atoms with Gasteiger partial charge in [0.25, 0.3) is 0 Å². The summed E-state index contributed by atoms with van der Waals surface area (Å²) >= 11 is 11.8. The first-order chi connectivity index (χ1) is 9.50. The van der Waals surface area contributed by atoms with E-state index in [0.29, 0.717) is 10.0 Å². The molecule has 0 fully saturated rings. The molecular formula is C13H8Cl2NO3S. The highest BCUT2D eigenvalue weighted by atomic mass is 35.5. The molecule has 0 unspecified atom stereocenters. The van der Waals surface area contributed by atoms with E-state index in [2.05, 4.69) is 15.7 Å². The third-order valence-corrected chi connectivity index (χ3v) is 4.04. The predicted octanol–water partition coefficient (Wildman–Crippen LogP) is 3.61. The highest BCUT2D eigenvalue weighted by Crippen LogP contribution is 2.22. The minimum Gasteiger partial charge on any atom is -0.264 e. The van der Waals surface area contributed by atoms with E-state index >= 15 is 0 Å². The topological polar surface area (TPSA) is 55.7 Å². The molecule has 0 aliphatic rings. The summed E-state index contributed by atoms with van der Waals surface area (Å²) in [5.41, 5.74) is 0.263. The molecule has 2 aromatic rings. The molecule has 0 bridgehead atoms. The quantitative estimate of drug-likeness (QED) is 0.636. The van der Waals surface area contributed by atoms with E-state index in [1.807, 2.05) is 0 Å². The maximum atomic E-state index is 11.8. The van der Waals surface area contributed by atoms with E-state index in [0.717, 1.165) is 0 Å². The molecule has 2 aromatic carbocycles. The van der Waals surface area contributed by atoms with Crippen LogP contribution in [0.25, 0.3) is 0 Å². The summed E-state index contributed by atoms with van der Waals surface area (Å²) in [5, 5.41) is 3.89. The second kappa shape index (κ2) is 6.26. The number of nitrogens with zero attached hydrogens (tertiary/aromatic N) is 1. The maximum Gasteiger partial charge on any atom is 0.358 e. The van der Waals surface area contributed by atoms with Gasteiger partial charge in [0.1, 0.15) is 11.1 Å². The van der Waals surface area contributed by atoms with Crippen LogP contribution in [0.3, 0.4) is 0 Å². The normalized spacial score (nSPS) is 11.7. The Morgan fingerprint density at radius 1 is 0.950 bits per heavy atom. The van der Waals surface area contributed by atoms with E-state index < -0.39 is 10.1 Å². The van der Waals surface area contributed by atoms with E-state index in [1.54, 1.807) is 36.4 Å². The van der Waals surface area contributed by atoms with Crippen LogP contribution in [0.5, 0.6) is 0 Å². The molecule has 4 nitrogen and oxygen atoms in total. The van der Waals surface area contributed by atoms with Crippen LogP contribution >= 0.6 is 23.2 Å². The van der Waals surface area contributed by atoms with Gasteiger partial charge in [0.15, 0.2) is 0 Å². The molecule has 0 atom stereocenters. The Kier molecular flexibility index (Phi) is 4.65. The average molecular weight is 329 g/mol. The van der Waals surface area contributed by atoms with Gasteiger partial charge in [-0.1, -0.05) is 52.6 Å². The molecule has 0 spiro atoms. The molecule has 2 rings (SSSR count). The molecule has 0 aliphatic heterocycles. The summed E-state index contributed by atoms with van der Waals surface area (Å²) in [6, 6.07) is 12.5. The molecule has 0 aliphatic carbocycles. The van der Waals surface area contributed by atoms with Crippen molar-refractivity contribution in [2.24, 2.45) is 5.16 Å². The Morgan fingerprint density at radius 2 is 1.55 bits per heavy atom. The number of hydrogen-bond donors (Lipinski definition) is 0. The van der Waals surface area contributed by atoms with E-state index in [9.17, 15) is 8.42 Å². The molecule has 0 aromatic heterocycles. The molecule has 0 amide bonds. The van der Waals surface area contributed by atoms with E-state index in [-0.39, 0.29) is 10.5 Å². The van der Waals surface area contributed by atoms with Crippen LogP contribution in [0, 0.1) is 0 Å². The highest BCUT2D eigenvalue weighted by Gasteiger charge is 2.14. The van der Waals surface area contributed by atoms with Crippen molar-refractivity contribution in [1.82, 2.24) is 0 Å². The minimum atomic E-state index is -3.97. The van der Waals surface area contributed by atoms with Crippen LogP contribution < -0.4 is 0 Å². The molecule has 0 heterocycles. The zero-order valence-electron chi connectivity index (χ0n) is 9.95. The zero-order chi connectivity index (χ0) is 14.6. The van der Waals surface area contributed by atoms with Gasteiger partial charge in [0.05, 0.1) is 10.0 Å². The van der Waals surface area contributed by atoms with Crippen molar-refractivity contribution >= 4 is 39.5 Å². The summed E-state index contributed by atoms with van der Waals surface area (Å²) < 4.78 is 28.0. The second-order valence-corrected chi connectivity index (χ2v) is 5.98. The lowest BCUT2D eigenvalue weighted by Gasteiger charge is -2.01. The van der Waals surface area contributed by atoms with E-state index in [4.69, 9.17) is 23.2 Å². The standard InChI is InChI=1S/C13H8Cl2NO3S/c14-12-7-4-8-13(15)11(12)9-16-19-20(17,18)10-5-2-1-3-6-10/h1-8H. The summed E-state index contributed by atoms with van der Waals surface area (Å²) in [5.74, 6) is 0. The fourth-order valence-electron chi connectivity index (χ4n) is 1.35. The van der Waals surface area contributed by atoms with Crippen molar-refractivity contribution in [2.45, 2.75) is 4.90 Å². The predicted molar refractivity (Wildman–Crippen MR) is 77.7 cm³/mol. The van der Waals surface area contributed by atoms with E-state index in [1.165, 1.54) is 12.1 Å². The lowest BCUT2D eigenvalue weighted by atomic mass is 10.2. The van der Waals surface area contributed by atoms with Crippen molar-refractivity contribution in [3.8, 4) is 0 Å². The molecule has 1 radical (unpaired) electrons. The maximum absolute atomic E-state index is 11.8. The van der Waals surface area contributed by atoms with Gasteiger partial charge in [0, 0.05) is 5.56 Å². The Labute approximate surface area is 126 Å². The van der Waals surface area contributed by atoms with Crippen LogP contribution in [-0.2, 0) is 14.4 Å². The molecule has 0 saturated heterocycles. The fraction of sp³-hybridized carbons (Fsp3) is 0. The van der Waals surface area contributed by atoms with Crippen molar-refractivity contribution in [3.05, 3.63) is 64.1 Å². The van der Waals surface area contributed by atoms with Crippen LogP contribution in [0.2, 0.25) is 10.0 Å². The molecule has 7 heteroatoms. The van der Waals surface area contributed by atoms with Gasteiger partial charge in [0.2, 0.25) is 0 Å². The molecular weight excluding hydrogens is 321 g/mol. The summed E-state index contributed by atoms with van der Waals surface area (Å²) in [4.78, 5) is -0.00388. The first-order valence-corrected chi connectivity index (χ1v) is 7.56. The molecule has 0 saturated carbocycles. The summed E-state index contributed by atoms with van der Waals surface area (Å²) in [7, 11) is -3.97. The highest BCUT2D eigenvalue weighted by molar-refractivity contribution is 7.86. The van der Waals surface area contributed by atoms with Gasteiger partial charge in [-0.15, -0.1) is 0 Å². The second-order valence-electron chi connectivity index (χ2n) is 3.64. The van der Waals surface area contributed by atoms with Crippen molar-refractivity contribution in [1.29, 1.82) is 0 Å². The third kappa shape index (κ3) is 3.50. The van der Waals surface area contributed by atoms with Crippen LogP contribution in [0.1, 0.15) is 5.56 Å². The number of benzene rings is 2. The zero-order valence-corrected chi connectivity index (χ0v) is 12.3. The largest absolute Gasteiger partial charge is 0.358 e. The van der Waals surface area contributed by atoms with Gasteiger partial charge >= 0.3 is 10.1 Å². The number of hydrogen-bond acceptors (Lipinski definition) is 4. The fourth-order valence-corrected chi connectivity index (χ4v) is 2.54. The molecule has 103 valence electrons. The van der Waals surface area contributed by atoms with Crippen molar-refractivity contribution in [2.75, 3.05) is 0 Å². The van der Waals surface area contributed by atoms with Gasteiger partial charge < -0.3 is 0 Å². The monoisotopic (exact) mass is 328 g/mol.